The Morgan fingerprint density at radius 3 is 2.76 bits per heavy atom. The molecule has 0 aliphatic carbocycles. The third kappa shape index (κ3) is 4.70. The molecule has 1 aromatic heterocycles. The van der Waals surface area contributed by atoms with Crippen molar-refractivity contribution in [3.8, 4) is 11.6 Å². The van der Waals surface area contributed by atoms with Crippen LogP contribution in [0, 0.1) is 6.92 Å². The number of hydrogen-bond acceptors (Lipinski definition) is 3. The fraction of sp³-hybridized carbons (Fsp3) is 0.312. The molecule has 0 amide bonds. The minimum atomic E-state index is 0.375. The maximum atomic E-state index is 6.17. The van der Waals surface area contributed by atoms with Crippen molar-refractivity contribution in [3.05, 3.63) is 51.1 Å². The molecule has 0 atom stereocenters. The molecule has 1 aromatic carbocycles. The van der Waals surface area contributed by atoms with Gasteiger partial charge in [-0.3, -0.25) is 0 Å². The number of aromatic nitrogens is 1. The standard InChI is InChI=1S/C16H18BrClN2O/c1-10(2)19-9-14-13(18)6-7-16(20-14)21-15-8-12(17)5-4-11(15)3/h4-8,10,19H,9H2,1-3H3. The van der Waals surface area contributed by atoms with Crippen molar-refractivity contribution in [3.63, 3.8) is 0 Å². The molecular weight excluding hydrogens is 352 g/mol. The molecule has 5 heteroatoms. The van der Waals surface area contributed by atoms with Gasteiger partial charge in [0.25, 0.3) is 0 Å². The molecule has 0 fully saturated rings. The van der Waals surface area contributed by atoms with Crippen LogP contribution in [0.25, 0.3) is 0 Å². The zero-order valence-electron chi connectivity index (χ0n) is 12.3. The van der Waals surface area contributed by atoms with Crippen LogP contribution in [0.2, 0.25) is 5.02 Å². The van der Waals surface area contributed by atoms with Gasteiger partial charge in [0.15, 0.2) is 0 Å². The molecule has 0 bridgehead atoms. The monoisotopic (exact) mass is 368 g/mol. The maximum Gasteiger partial charge on any atom is 0.219 e. The number of rotatable bonds is 5. The summed E-state index contributed by atoms with van der Waals surface area (Å²) in [5.41, 5.74) is 1.84. The smallest absolute Gasteiger partial charge is 0.219 e. The first-order valence-corrected chi connectivity index (χ1v) is 7.95. The van der Waals surface area contributed by atoms with E-state index in [1.807, 2.05) is 31.2 Å². The lowest BCUT2D eigenvalue weighted by Gasteiger charge is -2.12. The molecule has 1 heterocycles. The van der Waals surface area contributed by atoms with Crippen molar-refractivity contribution in [2.45, 2.75) is 33.4 Å². The lowest BCUT2D eigenvalue weighted by Crippen LogP contribution is -2.22. The lowest BCUT2D eigenvalue weighted by molar-refractivity contribution is 0.455. The predicted molar refractivity (Wildman–Crippen MR) is 90.2 cm³/mol. The molecule has 2 aromatic rings. The van der Waals surface area contributed by atoms with Crippen LogP contribution in [0.5, 0.6) is 11.6 Å². The SMILES string of the molecule is Cc1ccc(Br)cc1Oc1ccc(Cl)c(CNC(C)C)n1. The fourth-order valence-electron chi connectivity index (χ4n) is 1.74. The van der Waals surface area contributed by atoms with E-state index in [9.17, 15) is 0 Å². The molecule has 0 saturated carbocycles. The molecule has 112 valence electrons. The Balaban J connectivity index is 2.20. The van der Waals surface area contributed by atoms with Gasteiger partial charge in [0.05, 0.1) is 10.7 Å². The average Bonchev–Trinajstić information content (AvgIpc) is 2.43. The highest BCUT2D eigenvalue weighted by Gasteiger charge is 2.08. The van der Waals surface area contributed by atoms with E-state index in [1.165, 1.54) is 0 Å². The number of benzene rings is 1. The van der Waals surface area contributed by atoms with Crippen LogP contribution in [-0.2, 0) is 6.54 Å². The van der Waals surface area contributed by atoms with Crippen molar-refractivity contribution in [2.75, 3.05) is 0 Å². The second kappa shape index (κ2) is 7.25. The molecule has 0 spiro atoms. The first-order chi connectivity index (χ1) is 9.95. The van der Waals surface area contributed by atoms with Gasteiger partial charge in [-0.25, -0.2) is 4.98 Å². The summed E-state index contributed by atoms with van der Waals surface area (Å²) in [4.78, 5) is 4.48. The van der Waals surface area contributed by atoms with Gasteiger partial charge < -0.3 is 10.1 Å². The maximum absolute atomic E-state index is 6.17. The van der Waals surface area contributed by atoms with Crippen LogP contribution < -0.4 is 10.1 Å². The van der Waals surface area contributed by atoms with Crippen molar-refractivity contribution in [1.82, 2.24) is 10.3 Å². The van der Waals surface area contributed by atoms with Gasteiger partial charge in [-0.15, -0.1) is 0 Å². The Kier molecular flexibility index (Phi) is 5.62. The summed E-state index contributed by atoms with van der Waals surface area (Å²) in [7, 11) is 0. The minimum Gasteiger partial charge on any atom is -0.439 e. The van der Waals surface area contributed by atoms with Crippen molar-refractivity contribution in [1.29, 1.82) is 0 Å². The predicted octanol–water partition coefficient (Wildman–Crippen LogP) is 5.10. The molecule has 21 heavy (non-hydrogen) atoms. The van der Waals surface area contributed by atoms with Gasteiger partial charge in [-0.2, -0.15) is 0 Å². The first kappa shape index (κ1) is 16.3. The molecule has 0 saturated heterocycles. The molecule has 0 radical (unpaired) electrons. The summed E-state index contributed by atoms with van der Waals surface area (Å²) in [5.74, 6) is 1.32. The third-order valence-corrected chi connectivity index (χ3v) is 3.77. The van der Waals surface area contributed by atoms with E-state index in [4.69, 9.17) is 16.3 Å². The number of hydrogen-bond donors (Lipinski definition) is 1. The Morgan fingerprint density at radius 2 is 2.05 bits per heavy atom. The van der Waals surface area contributed by atoms with Gasteiger partial charge in [0, 0.05) is 23.1 Å². The van der Waals surface area contributed by atoms with Crippen molar-refractivity contribution < 1.29 is 4.74 Å². The topological polar surface area (TPSA) is 34.1 Å². The summed E-state index contributed by atoms with van der Waals surface area (Å²) in [6.07, 6.45) is 0. The normalized spacial score (nSPS) is 11.0. The van der Waals surface area contributed by atoms with E-state index in [2.05, 4.69) is 40.1 Å². The summed E-state index contributed by atoms with van der Waals surface area (Å²) in [5, 5.41) is 3.94. The highest BCUT2D eigenvalue weighted by atomic mass is 79.9. The molecule has 0 aliphatic rings. The minimum absolute atomic E-state index is 0.375. The molecule has 0 unspecified atom stereocenters. The quantitative estimate of drug-likeness (QED) is 0.796. The van der Waals surface area contributed by atoms with Crippen molar-refractivity contribution >= 4 is 27.5 Å². The fourth-order valence-corrected chi connectivity index (χ4v) is 2.25. The van der Waals surface area contributed by atoms with E-state index >= 15 is 0 Å². The molecule has 2 rings (SSSR count). The Labute approximate surface area is 138 Å². The number of pyridine rings is 1. The second-order valence-electron chi connectivity index (χ2n) is 5.13. The van der Waals surface area contributed by atoms with Crippen LogP contribution in [0.1, 0.15) is 25.1 Å². The zero-order chi connectivity index (χ0) is 15.4. The number of nitrogens with zero attached hydrogens (tertiary/aromatic N) is 1. The molecular formula is C16H18BrClN2O. The highest BCUT2D eigenvalue weighted by Crippen LogP contribution is 2.28. The van der Waals surface area contributed by atoms with E-state index in [1.54, 1.807) is 6.07 Å². The summed E-state index contributed by atoms with van der Waals surface area (Å²) >= 11 is 9.62. The third-order valence-electron chi connectivity index (χ3n) is 2.94. The largest absolute Gasteiger partial charge is 0.439 e. The van der Waals surface area contributed by atoms with Crippen LogP contribution in [0.4, 0.5) is 0 Å². The van der Waals surface area contributed by atoms with Gasteiger partial charge in [-0.1, -0.05) is 47.4 Å². The van der Waals surface area contributed by atoms with Gasteiger partial charge in [0.2, 0.25) is 5.88 Å². The molecule has 1 N–H and O–H groups in total. The van der Waals surface area contributed by atoms with Crippen LogP contribution in [-0.4, -0.2) is 11.0 Å². The lowest BCUT2D eigenvalue weighted by atomic mass is 10.2. The van der Waals surface area contributed by atoms with Gasteiger partial charge in [0.1, 0.15) is 5.75 Å². The van der Waals surface area contributed by atoms with Crippen molar-refractivity contribution in [2.24, 2.45) is 0 Å². The van der Waals surface area contributed by atoms with Crippen LogP contribution in [0.15, 0.2) is 34.8 Å². The summed E-state index contributed by atoms with van der Waals surface area (Å²) < 4.78 is 6.84. The van der Waals surface area contributed by atoms with Crippen LogP contribution >= 0.6 is 27.5 Å². The van der Waals surface area contributed by atoms with E-state index < -0.39 is 0 Å². The summed E-state index contributed by atoms with van der Waals surface area (Å²) in [6.45, 7) is 6.78. The molecule has 0 aliphatic heterocycles. The highest BCUT2D eigenvalue weighted by molar-refractivity contribution is 9.10. The van der Waals surface area contributed by atoms with Crippen LogP contribution in [0.3, 0.4) is 0 Å². The Bertz CT molecular complexity index is 632. The Morgan fingerprint density at radius 1 is 1.29 bits per heavy atom. The number of aryl methyl sites for hydroxylation is 1. The number of ether oxygens (including phenoxy) is 1. The van der Waals surface area contributed by atoms with E-state index in [-0.39, 0.29) is 0 Å². The second-order valence-corrected chi connectivity index (χ2v) is 6.45. The average molecular weight is 370 g/mol. The van der Waals surface area contributed by atoms with Gasteiger partial charge in [-0.05, 0) is 30.7 Å². The first-order valence-electron chi connectivity index (χ1n) is 6.78. The Hall–Kier alpha value is -1.10. The number of halogens is 2. The number of nitrogens with one attached hydrogen (secondary N) is 1. The van der Waals surface area contributed by atoms with E-state index in [0.29, 0.717) is 23.5 Å². The molecule has 3 nitrogen and oxygen atoms in total. The zero-order valence-corrected chi connectivity index (χ0v) is 14.6. The van der Waals surface area contributed by atoms with E-state index in [0.717, 1.165) is 21.5 Å². The van der Waals surface area contributed by atoms with Gasteiger partial charge >= 0.3 is 0 Å². The summed E-state index contributed by atoms with van der Waals surface area (Å²) in [6, 6.07) is 9.87.